The molecular formula is C16H23FN2O2. The SMILES string of the molecule is CCCNC(C)(CCN1CCc2ccc(F)cc21)C(=O)O. The number of fused-ring (bicyclic) bond motifs is 1. The lowest BCUT2D eigenvalue weighted by atomic mass is 9.97. The predicted molar refractivity (Wildman–Crippen MR) is 81.3 cm³/mol. The number of hydrogen-bond acceptors (Lipinski definition) is 3. The molecule has 5 heteroatoms. The number of carbonyl (C=O) groups is 1. The number of carboxylic acid groups (broad SMARTS) is 1. The Kier molecular flexibility index (Phi) is 4.83. The molecule has 0 bridgehead atoms. The molecule has 0 spiro atoms. The van der Waals surface area contributed by atoms with Crippen LogP contribution in [0.2, 0.25) is 0 Å². The van der Waals surface area contributed by atoms with Crippen LogP contribution in [0.15, 0.2) is 18.2 Å². The van der Waals surface area contributed by atoms with Crippen LogP contribution >= 0.6 is 0 Å². The van der Waals surface area contributed by atoms with E-state index in [0.29, 0.717) is 19.5 Å². The van der Waals surface area contributed by atoms with Gasteiger partial charge in [0, 0.05) is 18.8 Å². The van der Waals surface area contributed by atoms with Gasteiger partial charge in [0.25, 0.3) is 0 Å². The third kappa shape index (κ3) is 3.53. The van der Waals surface area contributed by atoms with Gasteiger partial charge in [-0.1, -0.05) is 13.0 Å². The molecule has 1 aromatic rings. The molecule has 0 amide bonds. The fraction of sp³-hybridized carbons (Fsp3) is 0.562. The molecule has 21 heavy (non-hydrogen) atoms. The predicted octanol–water partition coefficient (Wildman–Crippen LogP) is 2.42. The maximum atomic E-state index is 13.4. The molecule has 0 aromatic heterocycles. The molecule has 1 aliphatic rings. The maximum Gasteiger partial charge on any atom is 0.323 e. The van der Waals surface area contributed by atoms with Crippen LogP contribution in [0.5, 0.6) is 0 Å². The Labute approximate surface area is 125 Å². The summed E-state index contributed by atoms with van der Waals surface area (Å²) in [5, 5.41) is 12.5. The van der Waals surface area contributed by atoms with Crippen molar-refractivity contribution in [3.63, 3.8) is 0 Å². The van der Waals surface area contributed by atoms with Crippen LogP contribution in [0.4, 0.5) is 10.1 Å². The third-order valence-corrected chi connectivity index (χ3v) is 4.16. The monoisotopic (exact) mass is 294 g/mol. The van der Waals surface area contributed by atoms with Crippen molar-refractivity contribution in [2.75, 3.05) is 24.5 Å². The molecule has 0 fully saturated rings. The van der Waals surface area contributed by atoms with Crippen molar-refractivity contribution < 1.29 is 14.3 Å². The van der Waals surface area contributed by atoms with Gasteiger partial charge in [-0.15, -0.1) is 0 Å². The van der Waals surface area contributed by atoms with E-state index in [-0.39, 0.29) is 5.82 Å². The first kappa shape index (κ1) is 15.8. The number of benzene rings is 1. The van der Waals surface area contributed by atoms with Gasteiger partial charge < -0.3 is 15.3 Å². The Morgan fingerprint density at radius 3 is 2.95 bits per heavy atom. The summed E-state index contributed by atoms with van der Waals surface area (Å²) in [5.41, 5.74) is 1.10. The van der Waals surface area contributed by atoms with E-state index in [2.05, 4.69) is 10.2 Å². The van der Waals surface area contributed by atoms with Gasteiger partial charge in [0.05, 0.1) is 0 Å². The van der Waals surface area contributed by atoms with Crippen LogP contribution in [0.1, 0.15) is 32.3 Å². The van der Waals surface area contributed by atoms with Gasteiger partial charge >= 0.3 is 5.97 Å². The fourth-order valence-corrected chi connectivity index (χ4v) is 2.68. The lowest BCUT2D eigenvalue weighted by Crippen LogP contribution is -2.51. The molecule has 0 saturated heterocycles. The van der Waals surface area contributed by atoms with Crippen LogP contribution in [-0.2, 0) is 11.2 Å². The summed E-state index contributed by atoms with van der Waals surface area (Å²) in [6.45, 7) is 5.83. The van der Waals surface area contributed by atoms with Gasteiger partial charge in [-0.2, -0.15) is 0 Å². The number of hydrogen-bond donors (Lipinski definition) is 2. The molecule has 4 nitrogen and oxygen atoms in total. The van der Waals surface area contributed by atoms with Gasteiger partial charge in [-0.25, -0.2) is 4.39 Å². The molecule has 1 unspecified atom stereocenters. The van der Waals surface area contributed by atoms with Crippen LogP contribution in [0.3, 0.4) is 0 Å². The van der Waals surface area contributed by atoms with E-state index in [1.54, 1.807) is 13.0 Å². The number of anilines is 1. The molecule has 1 aromatic carbocycles. The maximum absolute atomic E-state index is 13.4. The highest BCUT2D eigenvalue weighted by Crippen LogP contribution is 2.29. The second kappa shape index (κ2) is 6.43. The fourth-order valence-electron chi connectivity index (χ4n) is 2.68. The first-order valence-corrected chi connectivity index (χ1v) is 7.48. The first-order chi connectivity index (χ1) is 9.96. The van der Waals surface area contributed by atoms with Gasteiger partial charge in [0.15, 0.2) is 0 Å². The molecular weight excluding hydrogens is 271 g/mol. The zero-order chi connectivity index (χ0) is 15.5. The highest BCUT2D eigenvalue weighted by atomic mass is 19.1. The van der Waals surface area contributed by atoms with E-state index in [9.17, 15) is 14.3 Å². The van der Waals surface area contributed by atoms with Crippen molar-refractivity contribution in [1.82, 2.24) is 5.32 Å². The molecule has 2 N–H and O–H groups in total. The van der Waals surface area contributed by atoms with Crippen LogP contribution in [0, 0.1) is 5.82 Å². The van der Waals surface area contributed by atoms with Crippen molar-refractivity contribution >= 4 is 11.7 Å². The van der Waals surface area contributed by atoms with Crippen LogP contribution < -0.4 is 10.2 Å². The Bertz CT molecular complexity index is 521. The summed E-state index contributed by atoms with van der Waals surface area (Å²) in [7, 11) is 0. The topological polar surface area (TPSA) is 52.6 Å². The number of rotatable bonds is 7. The molecule has 1 heterocycles. The quantitative estimate of drug-likeness (QED) is 0.811. The zero-order valence-corrected chi connectivity index (χ0v) is 12.7. The summed E-state index contributed by atoms with van der Waals surface area (Å²) in [5.74, 6) is -1.08. The summed E-state index contributed by atoms with van der Waals surface area (Å²) >= 11 is 0. The lowest BCUT2D eigenvalue weighted by molar-refractivity contribution is -0.144. The highest BCUT2D eigenvalue weighted by molar-refractivity contribution is 5.78. The zero-order valence-electron chi connectivity index (χ0n) is 12.7. The van der Waals surface area contributed by atoms with Crippen molar-refractivity contribution in [3.05, 3.63) is 29.6 Å². The molecule has 116 valence electrons. The second-order valence-corrected chi connectivity index (χ2v) is 5.82. The summed E-state index contributed by atoms with van der Waals surface area (Å²) in [6, 6.07) is 4.84. The molecule has 1 aliphatic heterocycles. The van der Waals surface area contributed by atoms with E-state index in [4.69, 9.17) is 0 Å². The standard InChI is InChI=1S/C16H23FN2O2/c1-3-8-18-16(2,15(20)21)7-10-19-9-6-12-4-5-13(17)11-14(12)19/h4-5,11,18H,3,6-10H2,1-2H3,(H,20,21). The minimum Gasteiger partial charge on any atom is -0.480 e. The minimum atomic E-state index is -0.938. The summed E-state index contributed by atoms with van der Waals surface area (Å²) in [4.78, 5) is 13.6. The Morgan fingerprint density at radius 2 is 2.29 bits per heavy atom. The van der Waals surface area contributed by atoms with Gasteiger partial charge in [-0.3, -0.25) is 4.79 Å². The van der Waals surface area contributed by atoms with Crippen molar-refractivity contribution in [3.8, 4) is 0 Å². The van der Waals surface area contributed by atoms with E-state index in [0.717, 1.165) is 30.6 Å². The molecule has 1 atom stereocenters. The van der Waals surface area contributed by atoms with Gasteiger partial charge in [0.2, 0.25) is 0 Å². The first-order valence-electron chi connectivity index (χ1n) is 7.48. The molecule has 0 radical (unpaired) electrons. The highest BCUT2D eigenvalue weighted by Gasteiger charge is 2.33. The largest absolute Gasteiger partial charge is 0.480 e. The average Bonchev–Trinajstić information content (AvgIpc) is 2.85. The summed E-state index contributed by atoms with van der Waals surface area (Å²) in [6.07, 6.45) is 2.26. The Balaban J connectivity index is 2.03. The van der Waals surface area contributed by atoms with Gasteiger partial charge in [-0.05, 0) is 50.4 Å². The van der Waals surface area contributed by atoms with Crippen LogP contribution in [0.25, 0.3) is 0 Å². The number of nitrogens with zero attached hydrogens (tertiary/aromatic N) is 1. The number of nitrogens with one attached hydrogen (secondary N) is 1. The molecule has 0 saturated carbocycles. The smallest absolute Gasteiger partial charge is 0.323 e. The van der Waals surface area contributed by atoms with E-state index in [1.807, 2.05) is 13.0 Å². The number of halogens is 1. The van der Waals surface area contributed by atoms with Crippen molar-refractivity contribution in [2.45, 2.75) is 38.6 Å². The van der Waals surface area contributed by atoms with Crippen molar-refractivity contribution in [1.29, 1.82) is 0 Å². The lowest BCUT2D eigenvalue weighted by Gasteiger charge is -2.29. The second-order valence-electron chi connectivity index (χ2n) is 5.82. The summed E-state index contributed by atoms with van der Waals surface area (Å²) < 4.78 is 13.4. The van der Waals surface area contributed by atoms with E-state index < -0.39 is 11.5 Å². The van der Waals surface area contributed by atoms with Gasteiger partial charge in [0.1, 0.15) is 11.4 Å². The minimum absolute atomic E-state index is 0.245. The van der Waals surface area contributed by atoms with Crippen molar-refractivity contribution in [2.24, 2.45) is 0 Å². The number of aliphatic carboxylic acids is 1. The van der Waals surface area contributed by atoms with E-state index >= 15 is 0 Å². The van der Waals surface area contributed by atoms with E-state index in [1.165, 1.54) is 6.07 Å². The molecule has 0 aliphatic carbocycles. The normalized spacial score (nSPS) is 16.6. The molecule has 2 rings (SSSR count). The van der Waals surface area contributed by atoms with Crippen LogP contribution in [-0.4, -0.2) is 36.2 Å². The Morgan fingerprint density at radius 1 is 1.52 bits per heavy atom. The third-order valence-electron chi connectivity index (χ3n) is 4.16. The average molecular weight is 294 g/mol. The number of carboxylic acids is 1. The Hall–Kier alpha value is -1.62.